The molecule has 0 saturated heterocycles. The van der Waals surface area contributed by atoms with E-state index in [9.17, 15) is 9.59 Å². The van der Waals surface area contributed by atoms with Crippen molar-refractivity contribution in [3.8, 4) is 11.1 Å². The molecule has 0 spiro atoms. The van der Waals surface area contributed by atoms with E-state index in [1.165, 1.54) is 11.1 Å². The molecule has 31 heavy (non-hydrogen) atoms. The summed E-state index contributed by atoms with van der Waals surface area (Å²) in [6.45, 7) is 4.11. The highest BCUT2D eigenvalue weighted by Crippen LogP contribution is 2.44. The highest BCUT2D eigenvalue weighted by Gasteiger charge is 2.29. The van der Waals surface area contributed by atoms with Crippen LogP contribution in [-0.2, 0) is 11.3 Å². The minimum atomic E-state index is -1.17. The first kappa shape index (κ1) is 20.4. The van der Waals surface area contributed by atoms with Crippen molar-refractivity contribution < 1.29 is 19.4 Å². The Bertz CT molecular complexity index is 1090. The molecule has 0 saturated carbocycles. The summed E-state index contributed by atoms with van der Waals surface area (Å²) in [7, 11) is 0. The van der Waals surface area contributed by atoms with Crippen molar-refractivity contribution in [2.75, 3.05) is 11.9 Å². The van der Waals surface area contributed by atoms with E-state index in [2.05, 4.69) is 39.9 Å². The zero-order chi connectivity index (χ0) is 22.0. The number of nitrogens with one attached hydrogen (secondary N) is 2. The molecule has 1 aliphatic carbocycles. The smallest absolute Gasteiger partial charge is 0.410 e. The van der Waals surface area contributed by atoms with Crippen LogP contribution < -0.4 is 10.6 Å². The number of pyridine rings is 1. The van der Waals surface area contributed by atoms with Crippen molar-refractivity contribution >= 4 is 18.0 Å². The highest BCUT2D eigenvalue weighted by molar-refractivity contribution is 5.81. The maximum atomic E-state index is 12.4. The van der Waals surface area contributed by atoms with E-state index in [1.54, 1.807) is 13.0 Å². The molecule has 7 nitrogen and oxygen atoms in total. The number of carbonyl (C=O) groups is 2. The maximum absolute atomic E-state index is 12.4. The summed E-state index contributed by atoms with van der Waals surface area (Å²) in [5, 5.41) is 13.9. The Balaban J connectivity index is 1.40. The van der Waals surface area contributed by atoms with Gasteiger partial charge in [-0.2, -0.15) is 0 Å². The van der Waals surface area contributed by atoms with Gasteiger partial charge in [0.05, 0.1) is 0 Å². The van der Waals surface area contributed by atoms with Gasteiger partial charge in [-0.15, -0.1) is 0 Å². The first-order valence-corrected chi connectivity index (χ1v) is 10.00. The fourth-order valence-electron chi connectivity index (χ4n) is 4.11. The standard InChI is InChI=1S/C24H23N3O4/c1-14-11-22(27-23(28)29)26-15(2)20(14)12-25-24(30)31-13-21-18-9-5-3-7-16(18)17-8-4-6-10-19(17)21/h3-11,21H,12-13H2,1-2H3,(H,25,30)(H,26,27)(H,28,29). The first-order valence-electron chi connectivity index (χ1n) is 10.00. The lowest BCUT2D eigenvalue weighted by Crippen LogP contribution is -2.26. The van der Waals surface area contributed by atoms with Gasteiger partial charge in [0, 0.05) is 18.2 Å². The largest absolute Gasteiger partial charge is 0.465 e. The lowest BCUT2D eigenvalue weighted by Gasteiger charge is -2.16. The number of anilines is 1. The molecule has 1 heterocycles. The second-order valence-electron chi connectivity index (χ2n) is 7.50. The van der Waals surface area contributed by atoms with Gasteiger partial charge < -0.3 is 15.2 Å². The minimum absolute atomic E-state index is 0.00432. The van der Waals surface area contributed by atoms with Gasteiger partial charge in [0.2, 0.25) is 0 Å². The van der Waals surface area contributed by atoms with Gasteiger partial charge in [-0.1, -0.05) is 48.5 Å². The van der Waals surface area contributed by atoms with Crippen molar-refractivity contribution in [3.63, 3.8) is 0 Å². The molecule has 0 aliphatic heterocycles. The molecule has 0 radical (unpaired) electrons. The van der Waals surface area contributed by atoms with Gasteiger partial charge in [-0.05, 0) is 53.3 Å². The van der Waals surface area contributed by atoms with Crippen molar-refractivity contribution in [2.24, 2.45) is 0 Å². The number of benzene rings is 2. The van der Waals surface area contributed by atoms with Crippen LogP contribution in [0.1, 0.15) is 33.9 Å². The molecule has 1 aromatic heterocycles. The predicted molar refractivity (Wildman–Crippen MR) is 117 cm³/mol. The fraction of sp³-hybridized carbons (Fsp3) is 0.208. The number of ether oxygens (including phenoxy) is 1. The van der Waals surface area contributed by atoms with Crippen molar-refractivity contribution in [3.05, 3.63) is 82.5 Å². The number of rotatable bonds is 5. The third-order valence-electron chi connectivity index (χ3n) is 5.54. The molecule has 3 aromatic rings. The number of nitrogens with zero attached hydrogens (tertiary/aromatic N) is 1. The molecule has 2 aromatic carbocycles. The predicted octanol–water partition coefficient (Wildman–Crippen LogP) is 4.83. The van der Waals surface area contributed by atoms with Crippen molar-refractivity contribution in [2.45, 2.75) is 26.3 Å². The number of hydrogen-bond acceptors (Lipinski definition) is 4. The van der Waals surface area contributed by atoms with E-state index in [4.69, 9.17) is 9.84 Å². The average Bonchev–Trinajstić information content (AvgIpc) is 3.05. The highest BCUT2D eigenvalue weighted by atomic mass is 16.5. The molecule has 4 rings (SSSR count). The van der Waals surface area contributed by atoms with E-state index in [0.29, 0.717) is 5.69 Å². The average molecular weight is 417 g/mol. The third-order valence-corrected chi connectivity index (χ3v) is 5.54. The molecule has 1 aliphatic rings. The van der Waals surface area contributed by atoms with Crippen molar-refractivity contribution in [1.82, 2.24) is 10.3 Å². The zero-order valence-electron chi connectivity index (χ0n) is 17.3. The number of fused-ring (bicyclic) bond motifs is 3. The Morgan fingerprint density at radius 1 is 1.03 bits per heavy atom. The number of amides is 2. The second-order valence-corrected chi connectivity index (χ2v) is 7.50. The van der Waals surface area contributed by atoms with Crippen LogP contribution in [-0.4, -0.2) is 28.9 Å². The van der Waals surface area contributed by atoms with Crippen LogP contribution in [0.5, 0.6) is 0 Å². The fourth-order valence-corrected chi connectivity index (χ4v) is 4.11. The molecule has 0 unspecified atom stereocenters. The van der Waals surface area contributed by atoms with Gasteiger partial charge in [0.15, 0.2) is 0 Å². The molecule has 0 fully saturated rings. The quantitative estimate of drug-likeness (QED) is 0.552. The molecular weight excluding hydrogens is 394 g/mol. The van der Waals surface area contributed by atoms with Crippen molar-refractivity contribution in [1.29, 1.82) is 0 Å². The monoisotopic (exact) mass is 417 g/mol. The van der Waals surface area contributed by atoms with Gasteiger partial charge in [0.25, 0.3) is 0 Å². The Kier molecular flexibility index (Phi) is 5.58. The van der Waals surface area contributed by atoms with E-state index in [0.717, 1.165) is 22.3 Å². The van der Waals surface area contributed by atoms with Crippen LogP contribution in [0.4, 0.5) is 15.4 Å². The van der Waals surface area contributed by atoms with Crippen LogP contribution in [0.2, 0.25) is 0 Å². The molecule has 3 N–H and O–H groups in total. The van der Waals surface area contributed by atoms with E-state index in [-0.39, 0.29) is 24.9 Å². The Labute approximate surface area is 180 Å². The van der Waals surface area contributed by atoms with Crippen LogP contribution in [0.15, 0.2) is 54.6 Å². The summed E-state index contributed by atoms with van der Waals surface area (Å²) in [6.07, 6.45) is -1.68. The molecular formula is C24H23N3O4. The Hall–Kier alpha value is -3.87. The lowest BCUT2D eigenvalue weighted by molar-refractivity contribution is 0.142. The van der Waals surface area contributed by atoms with E-state index in [1.807, 2.05) is 31.2 Å². The summed E-state index contributed by atoms with van der Waals surface area (Å²) in [5.74, 6) is 0.261. The van der Waals surface area contributed by atoms with Gasteiger partial charge in [-0.3, -0.25) is 5.32 Å². The Morgan fingerprint density at radius 3 is 2.23 bits per heavy atom. The zero-order valence-corrected chi connectivity index (χ0v) is 17.3. The van der Waals surface area contributed by atoms with Gasteiger partial charge >= 0.3 is 12.2 Å². The molecule has 7 heteroatoms. The number of carboxylic acid groups (broad SMARTS) is 1. The summed E-state index contributed by atoms with van der Waals surface area (Å²) in [4.78, 5) is 27.4. The lowest BCUT2D eigenvalue weighted by atomic mass is 9.98. The van der Waals surface area contributed by atoms with Gasteiger partial charge in [-0.25, -0.2) is 14.6 Å². The topological polar surface area (TPSA) is 101 Å². The van der Waals surface area contributed by atoms with Crippen LogP contribution in [0, 0.1) is 13.8 Å². The molecule has 0 atom stereocenters. The molecule has 0 bridgehead atoms. The summed E-state index contributed by atoms with van der Waals surface area (Å²) >= 11 is 0. The van der Waals surface area contributed by atoms with Crippen LogP contribution in [0.25, 0.3) is 11.1 Å². The van der Waals surface area contributed by atoms with Crippen LogP contribution >= 0.6 is 0 Å². The maximum Gasteiger partial charge on any atom is 0.410 e. The number of carbonyl (C=O) groups excluding carboxylic acids is 1. The normalized spacial score (nSPS) is 12.1. The molecule has 2 amide bonds. The second kappa shape index (κ2) is 8.47. The first-order chi connectivity index (χ1) is 14.9. The number of aromatic nitrogens is 1. The van der Waals surface area contributed by atoms with Crippen LogP contribution in [0.3, 0.4) is 0 Å². The summed E-state index contributed by atoms with van der Waals surface area (Å²) < 4.78 is 5.56. The van der Waals surface area contributed by atoms with E-state index >= 15 is 0 Å². The summed E-state index contributed by atoms with van der Waals surface area (Å²) in [6, 6.07) is 18.0. The van der Waals surface area contributed by atoms with E-state index < -0.39 is 12.2 Å². The third kappa shape index (κ3) is 4.21. The molecule has 158 valence electrons. The number of aryl methyl sites for hydroxylation is 2. The number of hydrogen-bond donors (Lipinski definition) is 3. The minimum Gasteiger partial charge on any atom is -0.465 e. The number of alkyl carbamates (subject to hydrolysis) is 1. The Morgan fingerprint density at radius 2 is 1.65 bits per heavy atom. The summed E-state index contributed by atoms with van der Waals surface area (Å²) in [5.41, 5.74) is 6.98. The SMILES string of the molecule is Cc1cc(NC(=O)O)nc(C)c1CNC(=O)OCC1c2ccccc2-c2ccccc21. The van der Waals surface area contributed by atoms with Gasteiger partial charge in [0.1, 0.15) is 12.4 Å².